The number of aromatic nitrogens is 2. The second-order valence-corrected chi connectivity index (χ2v) is 4.67. The summed E-state index contributed by atoms with van der Waals surface area (Å²) in [5.41, 5.74) is 3.02. The van der Waals surface area contributed by atoms with Crippen molar-refractivity contribution in [2.75, 3.05) is 19.5 Å². The maximum Gasteiger partial charge on any atom is 0.137 e. The number of pyridine rings is 1. The summed E-state index contributed by atoms with van der Waals surface area (Å²) in [5.74, 6) is 1.52. The largest absolute Gasteiger partial charge is 0.497 e. The molecule has 3 rings (SSSR count). The minimum absolute atomic E-state index is 0.696. The molecular weight excluding hydrogens is 266 g/mol. The number of methoxy groups -OCH3 is 2. The summed E-state index contributed by atoms with van der Waals surface area (Å²) in [4.78, 5) is 7.46. The Morgan fingerprint density at radius 2 is 1.90 bits per heavy atom. The smallest absolute Gasteiger partial charge is 0.137 e. The molecule has 0 aliphatic carbocycles. The van der Waals surface area contributed by atoms with Crippen LogP contribution in [0.25, 0.3) is 11.0 Å². The number of anilines is 1. The first-order chi connectivity index (χ1) is 10.3. The van der Waals surface area contributed by atoms with Gasteiger partial charge >= 0.3 is 0 Å². The summed E-state index contributed by atoms with van der Waals surface area (Å²) in [7, 11) is 3.29. The van der Waals surface area contributed by atoms with Crippen LogP contribution < -0.4 is 14.8 Å². The molecule has 0 unspecified atom stereocenters. The Balaban J connectivity index is 1.81. The predicted molar refractivity (Wildman–Crippen MR) is 83.0 cm³/mol. The van der Waals surface area contributed by atoms with Crippen molar-refractivity contribution in [3.8, 4) is 11.5 Å². The Morgan fingerprint density at radius 1 is 1.14 bits per heavy atom. The van der Waals surface area contributed by atoms with Crippen molar-refractivity contribution in [2.45, 2.75) is 6.54 Å². The van der Waals surface area contributed by atoms with Gasteiger partial charge < -0.3 is 19.8 Å². The highest BCUT2D eigenvalue weighted by Crippen LogP contribution is 2.26. The van der Waals surface area contributed by atoms with Crippen LogP contribution in [0.4, 0.5) is 5.69 Å². The van der Waals surface area contributed by atoms with Gasteiger partial charge in [0, 0.05) is 48.2 Å². The molecule has 0 radical (unpaired) electrons. The molecule has 108 valence electrons. The van der Waals surface area contributed by atoms with Gasteiger partial charge in [-0.05, 0) is 17.7 Å². The second-order valence-electron chi connectivity index (χ2n) is 4.67. The first kappa shape index (κ1) is 13.3. The normalized spacial score (nSPS) is 10.6. The van der Waals surface area contributed by atoms with E-state index in [1.165, 1.54) is 5.56 Å². The van der Waals surface area contributed by atoms with Crippen LogP contribution in [0.15, 0.2) is 42.7 Å². The highest BCUT2D eigenvalue weighted by Gasteiger charge is 2.05. The highest BCUT2D eigenvalue weighted by molar-refractivity contribution is 5.79. The van der Waals surface area contributed by atoms with Crippen molar-refractivity contribution in [1.82, 2.24) is 9.97 Å². The lowest BCUT2D eigenvalue weighted by molar-refractivity contribution is 0.394. The molecule has 0 fully saturated rings. The summed E-state index contributed by atoms with van der Waals surface area (Å²) in [6, 6.07) is 9.72. The molecule has 0 saturated carbocycles. The van der Waals surface area contributed by atoms with E-state index < -0.39 is 0 Å². The van der Waals surface area contributed by atoms with Crippen molar-refractivity contribution in [1.29, 1.82) is 0 Å². The molecule has 0 amide bonds. The van der Waals surface area contributed by atoms with Gasteiger partial charge in [-0.2, -0.15) is 0 Å². The highest BCUT2D eigenvalue weighted by atomic mass is 16.5. The van der Waals surface area contributed by atoms with Gasteiger partial charge in [0.1, 0.15) is 17.1 Å². The van der Waals surface area contributed by atoms with E-state index in [1.807, 2.05) is 30.5 Å². The van der Waals surface area contributed by atoms with Crippen LogP contribution in [0.2, 0.25) is 0 Å². The second kappa shape index (κ2) is 5.75. The quantitative estimate of drug-likeness (QED) is 0.755. The number of fused-ring (bicyclic) bond motifs is 1. The molecule has 0 aliphatic rings. The number of hydrogen-bond acceptors (Lipinski definition) is 4. The van der Waals surface area contributed by atoms with E-state index in [2.05, 4.69) is 21.4 Å². The number of benzene rings is 1. The van der Waals surface area contributed by atoms with Gasteiger partial charge in [0.25, 0.3) is 0 Å². The lowest BCUT2D eigenvalue weighted by atomic mass is 10.2. The molecule has 1 aromatic carbocycles. The maximum absolute atomic E-state index is 5.27. The van der Waals surface area contributed by atoms with Crippen LogP contribution in [-0.2, 0) is 6.54 Å². The van der Waals surface area contributed by atoms with Crippen molar-refractivity contribution in [3.63, 3.8) is 0 Å². The lowest BCUT2D eigenvalue weighted by Gasteiger charge is -2.10. The number of nitrogens with zero attached hydrogens (tertiary/aromatic N) is 1. The molecule has 0 aliphatic heterocycles. The fourth-order valence-corrected chi connectivity index (χ4v) is 2.27. The predicted octanol–water partition coefficient (Wildman–Crippen LogP) is 3.19. The number of nitrogens with one attached hydrogen (secondary N) is 2. The van der Waals surface area contributed by atoms with Gasteiger partial charge in [-0.15, -0.1) is 0 Å². The third-order valence-corrected chi connectivity index (χ3v) is 3.37. The van der Waals surface area contributed by atoms with E-state index >= 15 is 0 Å². The Morgan fingerprint density at radius 3 is 2.62 bits per heavy atom. The van der Waals surface area contributed by atoms with E-state index in [1.54, 1.807) is 20.4 Å². The molecule has 2 heterocycles. The number of H-pyrrole nitrogens is 1. The number of hydrogen-bond donors (Lipinski definition) is 2. The van der Waals surface area contributed by atoms with Gasteiger partial charge in [-0.1, -0.05) is 0 Å². The monoisotopic (exact) mass is 283 g/mol. The standard InChI is InChI=1S/C16H17N3O2/c1-20-13-6-12(7-14(8-13)21-2)18-9-11-10-19-16-15(11)4-3-5-17-16/h3-8,10,18H,9H2,1-2H3,(H,17,19). The molecular formula is C16H17N3O2. The molecule has 0 atom stereocenters. The van der Waals surface area contributed by atoms with E-state index in [4.69, 9.17) is 9.47 Å². The molecule has 21 heavy (non-hydrogen) atoms. The van der Waals surface area contributed by atoms with Crippen LogP contribution >= 0.6 is 0 Å². The molecule has 0 bridgehead atoms. The Bertz CT molecular complexity index is 730. The Labute approximate surface area is 122 Å². The summed E-state index contributed by atoms with van der Waals surface area (Å²) >= 11 is 0. The van der Waals surface area contributed by atoms with Gasteiger partial charge in [-0.25, -0.2) is 4.98 Å². The lowest BCUT2D eigenvalue weighted by Crippen LogP contribution is -1.99. The summed E-state index contributed by atoms with van der Waals surface area (Å²) in [6.45, 7) is 0.696. The molecule has 5 heteroatoms. The topological polar surface area (TPSA) is 59.2 Å². The van der Waals surface area contributed by atoms with E-state index in [-0.39, 0.29) is 0 Å². The summed E-state index contributed by atoms with van der Waals surface area (Å²) in [6.07, 6.45) is 3.75. The average molecular weight is 283 g/mol. The average Bonchev–Trinajstić information content (AvgIpc) is 2.95. The molecule has 3 aromatic rings. The van der Waals surface area contributed by atoms with Crippen LogP contribution in [0.3, 0.4) is 0 Å². The molecule has 0 saturated heterocycles. The first-order valence-electron chi connectivity index (χ1n) is 6.68. The summed E-state index contributed by atoms with van der Waals surface area (Å²) in [5, 5.41) is 4.51. The van der Waals surface area contributed by atoms with Crippen LogP contribution in [0.1, 0.15) is 5.56 Å². The van der Waals surface area contributed by atoms with Crippen LogP contribution in [-0.4, -0.2) is 24.2 Å². The van der Waals surface area contributed by atoms with Crippen molar-refractivity contribution in [2.24, 2.45) is 0 Å². The molecule has 2 aromatic heterocycles. The minimum atomic E-state index is 0.696. The molecule has 2 N–H and O–H groups in total. The Kier molecular flexibility index (Phi) is 3.64. The van der Waals surface area contributed by atoms with E-state index in [0.717, 1.165) is 28.2 Å². The fraction of sp³-hybridized carbons (Fsp3) is 0.188. The zero-order valence-electron chi connectivity index (χ0n) is 12.0. The number of rotatable bonds is 5. The number of aromatic amines is 1. The van der Waals surface area contributed by atoms with Crippen molar-refractivity contribution >= 4 is 16.7 Å². The molecule has 5 nitrogen and oxygen atoms in total. The van der Waals surface area contributed by atoms with Gasteiger partial charge in [0.15, 0.2) is 0 Å². The van der Waals surface area contributed by atoms with E-state index in [0.29, 0.717) is 6.54 Å². The van der Waals surface area contributed by atoms with Crippen molar-refractivity contribution in [3.05, 3.63) is 48.3 Å². The van der Waals surface area contributed by atoms with Gasteiger partial charge in [-0.3, -0.25) is 0 Å². The van der Waals surface area contributed by atoms with E-state index in [9.17, 15) is 0 Å². The maximum atomic E-state index is 5.27. The minimum Gasteiger partial charge on any atom is -0.497 e. The number of ether oxygens (including phenoxy) is 2. The first-order valence-corrected chi connectivity index (χ1v) is 6.68. The third kappa shape index (κ3) is 2.76. The molecule has 0 spiro atoms. The third-order valence-electron chi connectivity index (χ3n) is 3.37. The zero-order valence-corrected chi connectivity index (χ0v) is 12.0. The Hall–Kier alpha value is -2.69. The van der Waals surface area contributed by atoms with Crippen LogP contribution in [0.5, 0.6) is 11.5 Å². The van der Waals surface area contributed by atoms with Gasteiger partial charge in [0.05, 0.1) is 14.2 Å². The summed E-state index contributed by atoms with van der Waals surface area (Å²) < 4.78 is 10.5. The SMILES string of the molecule is COc1cc(NCc2c[nH]c3ncccc23)cc(OC)c1. The zero-order chi connectivity index (χ0) is 14.7. The van der Waals surface area contributed by atoms with Crippen molar-refractivity contribution < 1.29 is 9.47 Å². The fourth-order valence-electron chi connectivity index (χ4n) is 2.27. The van der Waals surface area contributed by atoms with Crippen LogP contribution in [0, 0.1) is 0 Å². The van der Waals surface area contributed by atoms with Gasteiger partial charge in [0.2, 0.25) is 0 Å².